The van der Waals surface area contributed by atoms with Gasteiger partial charge in [-0.3, -0.25) is 0 Å². The topological polar surface area (TPSA) is 0 Å². The number of allylic oxidation sites excluding steroid dienone is 5. The van der Waals surface area contributed by atoms with Crippen molar-refractivity contribution >= 4 is 5.57 Å². The van der Waals surface area contributed by atoms with E-state index >= 15 is 0 Å². The predicted octanol–water partition coefficient (Wildman–Crippen LogP) is 8.25. The SMILES string of the molecule is C=C/C(=C\C=C/C)c1cccc(C)c1.CC.CC.CC.CC. The zero-order valence-electron chi connectivity index (χ0n) is 16.8. The van der Waals surface area contributed by atoms with Gasteiger partial charge < -0.3 is 0 Å². The lowest BCUT2D eigenvalue weighted by Crippen LogP contribution is -1.81. The third kappa shape index (κ3) is 16.5. The molecule has 0 aliphatic carbocycles. The van der Waals surface area contributed by atoms with Gasteiger partial charge in [0.2, 0.25) is 0 Å². The monoisotopic (exact) mass is 304 g/mol. The van der Waals surface area contributed by atoms with Crippen LogP contribution >= 0.6 is 0 Å². The van der Waals surface area contributed by atoms with Gasteiger partial charge in [-0.1, -0.05) is 116 Å². The quantitative estimate of drug-likeness (QED) is 0.493. The summed E-state index contributed by atoms with van der Waals surface area (Å²) in [4.78, 5) is 0. The van der Waals surface area contributed by atoms with Crippen LogP contribution in [0.3, 0.4) is 0 Å². The van der Waals surface area contributed by atoms with Crippen molar-refractivity contribution in [3.05, 3.63) is 66.3 Å². The van der Waals surface area contributed by atoms with E-state index in [1.54, 1.807) is 0 Å². The van der Waals surface area contributed by atoms with Crippen LogP contribution in [0.5, 0.6) is 0 Å². The van der Waals surface area contributed by atoms with Crippen LogP contribution in [0, 0.1) is 6.92 Å². The maximum atomic E-state index is 3.82. The first-order valence-electron chi connectivity index (χ1n) is 8.80. The zero-order chi connectivity index (χ0) is 18.4. The number of aryl methyl sites for hydroxylation is 1. The second-order valence-corrected chi connectivity index (χ2v) is 3.22. The van der Waals surface area contributed by atoms with Gasteiger partial charge in [-0.05, 0) is 25.0 Å². The van der Waals surface area contributed by atoms with E-state index in [0.717, 1.165) is 5.57 Å². The maximum Gasteiger partial charge on any atom is -0.0182 e. The van der Waals surface area contributed by atoms with E-state index in [4.69, 9.17) is 0 Å². The summed E-state index contributed by atoms with van der Waals surface area (Å²) in [5.74, 6) is 0. The average Bonchev–Trinajstić information content (AvgIpc) is 2.63. The molecule has 0 radical (unpaired) electrons. The molecule has 22 heavy (non-hydrogen) atoms. The van der Waals surface area contributed by atoms with Gasteiger partial charge in [0.05, 0.1) is 0 Å². The molecule has 0 heterocycles. The largest absolute Gasteiger partial charge is 0.0984 e. The van der Waals surface area contributed by atoms with Crippen LogP contribution in [0.1, 0.15) is 73.4 Å². The highest BCUT2D eigenvalue weighted by Gasteiger charge is 1.95. The number of hydrogen-bond acceptors (Lipinski definition) is 0. The van der Waals surface area contributed by atoms with Crippen molar-refractivity contribution in [2.75, 3.05) is 0 Å². The molecule has 0 N–H and O–H groups in total. The standard InChI is InChI=1S/C14H16.4C2H6/c1-4-6-9-13(5-2)14-10-7-8-12(3)11-14;4*1-2/h4-11H,2H2,1,3H3;4*1-2H3/b6-4-,13-9+;;;;. The van der Waals surface area contributed by atoms with Crippen LogP contribution in [0.2, 0.25) is 0 Å². The van der Waals surface area contributed by atoms with E-state index in [2.05, 4.69) is 43.8 Å². The minimum Gasteiger partial charge on any atom is -0.0984 e. The second-order valence-electron chi connectivity index (χ2n) is 3.22. The van der Waals surface area contributed by atoms with Crippen LogP contribution in [0.4, 0.5) is 0 Å². The molecule has 0 heteroatoms. The summed E-state index contributed by atoms with van der Waals surface area (Å²) in [5, 5.41) is 0. The Kier molecular flexibility index (Phi) is 36.0. The lowest BCUT2D eigenvalue weighted by atomic mass is 10.0. The van der Waals surface area contributed by atoms with Crippen molar-refractivity contribution in [1.29, 1.82) is 0 Å². The molecule has 0 fully saturated rings. The summed E-state index contributed by atoms with van der Waals surface area (Å²) in [5.41, 5.74) is 3.65. The third-order valence-corrected chi connectivity index (χ3v) is 2.04. The molecular formula is C22H40. The van der Waals surface area contributed by atoms with Gasteiger partial charge in [0.25, 0.3) is 0 Å². The molecule has 0 aromatic heterocycles. The van der Waals surface area contributed by atoms with Gasteiger partial charge in [0.1, 0.15) is 0 Å². The Morgan fingerprint density at radius 1 is 0.909 bits per heavy atom. The smallest absolute Gasteiger partial charge is 0.0182 e. The minimum absolute atomic E-state index is 1.16. The Labute approximate surface area is 141 Å². The van der Waals surface area contributed by atoms with E-state index < -0.39 is 0 Å². The van der Waals surface area contributed by atoms with Gasteiger partial charge in [-0.15, -0.1) is 0 Å². The molecule has 1 aromatic rings. The number of benzene rings is 1. The molecule has 0 amide bonds. The normalized spacial score (nSPS) is 8.73. The molecule has 1 aromatic carbocycles. The summed E-state index contributed by atoms with van der Waals surface area (Å²) >= 11 is 0. The van der Waals surface area contributed by atoms with E-state index in [0.29, 0.717) is 0 Å². The van der Waals surface area contributed by atoms with Crippen LogP contribution < -0.4 is 0 Å². The molecule has 0 aliphatic heterocycles. The first kappa shape index (κ1) is 28.6. The average molecular weight is 305 g/mol. The Morgan fingerprint density at radius 2 is 1.41 bits per heavy atom. The lowest BCUT2D eigenvalue weighted by molar-refractivity contribution is 1.45. The molecule has 0 spiro atoms. The van der Waals surface area contributed by atoms with Crippen molar-refractivity contribution in [3.63, 3.8) is 0 Å². The van der Waals surface area contributed by atoms with Gasteiger partial charge in [0.15, 0.2) is 0 Å². The summed E-state index contributed by atoms with van der Waals surface area (Å²) in [6.07, 6.45) is 8.00. The maximum absolute atomic E-state index is 3.82. The Balaban J connectivity index is -0.000000175. The Morgan fingerprint density at radius 3 is 1.77 bits per heavy atom. The molecule has 0 saturated carbocycles. The second kappa shape index (κ2) is 27.7. The summed E-state index contributed by atoms with van der Waals surface area (Å²) in [6, 6.07) is 8.43. The molecular weight excluding hydrogens is 264 g/mol. The Hall–Kier alpha value is -1.56. The lowest BCUT2D eigenvalue weighted by Gasteiger charge is -2.02. The van der Waals surface area contributed by atoms with Gasteiger partial charge in [-0.2, -0.15) is 0 Å². The predicted molar refractivity (Wildman–Crippen MR) is 110 cm³/mol. The van der Waals surface area contributed by atoms with Crippen LogP contribution in [0.15, 0.2) is 55.1 Å². The van der Waals surface area contributed by atoms with E-state index in [1.807, 2.05) is 80.5 Å². The van der Waals surface area contributed by atoms with Crippen LogP contribution in [-0.4, -0.2) is 0 Å². The highest BCUT2D eigenvalue weighted by molar-refractivity contribution is 5.74. The van der Waals surface area contributed by atoms with Crippen molar-refractivity contribution < 1.29 is 0 Å². The molecule has 0 bridgehead atoms. The van der Waals surface area contributed by atoms with Gasteiger partial charge in [0, 0.05) is 0 Å². The fraction of sp³-hybridized carbons (Fsp3) is 0.455. The van der Waals surface area contributed by atoms with Crippen molar-refractivity contribution in [1.82, 2.24) is 0 Å². The van der Waals surface area contributed by atoms with Crippen LogP contribution in [0.25, 0.3) is 5.57 Å². The molecule has 0 atom stereocenters. The Bertz CT molecular complexity index is 367. The first-order valence-corrected chi connectivity index (χ1v) is 8.80. The zero-order valence-corrected chi connectivity index (χ0v) is 16.8. The van der Waals surface area contributed by atoms with Crippen molar-refractivity contribution in [2.24, 2.45) is 0 Å². The van der Waals surface area contributed by atoms with Crippen LogP contribution in [-0.2, 0) is 0 Å². The summed E-state index contributed by atoms with van der Waals surface area (Å²) in [6.45, 7) is 23.9. The summed E-state index contributed by atoms with van der Waals surface area (Å²) < 4.78 is 0. The highest BCUT2D eigenvalue weighted by atomic mass is 14.0. The molecule has 0 saturated heterocycles. The minimum atomic E-state index is 1.16. The molecule has 128 valence electrons. The number of rotatable bonds is 3. The highest BCUT2D eigenvalue weighted by Crippen LogP contribution is 2.16. The first-order chi connectivity index (χ1) is 10.8. The summed E-state index contributed by atoms with van der Waals surface area (Å²) in [7, 11) is 0. The molecule has 0 nitrogen and oxygen atoms in total. The molecule has 0 aliphatic rings. The molecule has 1 rings (SSSR count). The molecule has 0 unspecified atom stereocenters. The van der Waals surface area contributed by atoms with Crippen molar-refractivity contribution in [2.45, 2.75) is 69.2 Å². The van der Waals surface area contributed by atoms with E-state index in [-0.39, 0.29) is 0 Å². The van der Waals surface area contributed by atoms with Gasteiger partial charge >= 0.3 is 0 Å². The van der Waals surface area contributed by atoms with E-state index in [1.165, 1.54) is 11.1 Å². The van der Waals surface area contributed by atoms with Crippen molar-refractivity contribution in [3.8, 4) is 0 Å². The third-order valence-electron chi connectivity index (χ3n) is 2.04. The fourth-order valence-corrected chi connectivity index (χ4v) is 1.31. The number of hydrogen-bond donors (Lipinski definition) is 0. The fourth-order valence-electron chi connectivity index (χ4n) is 1.31. The van der Waals surface area contributed by atoms with E-state index in [9.17, 15) is 0 Å². The van der Waals surface area contributed by atoms with Gasteiger partial charge in [-0.25, -0.2) is 0 Å².